The molecule has 2 aromatic rings. The largest absolute Gasteiger partial charge is 0.486 e. The molecule has 2 N–H and O–H groups in total. The predicted octanol–water partition coefficient (Wildman–Crippen LogP) is 3.35. The third-order valence-electron chi connectivity index (χ3n) is 2.09. The Morgan fingerprint density at radius 1 is 1.47 bits per heavy atom. The monoisotopic (exact) mass is 264 g/mol. The van der Waals surface area contributed by atoms with Gasteiger partial charge in [-0.25, -0.2) is 4.85 Å². The number of rotatable bonds is 3. The van der Waals surface area contributed by atoms with Gasteiger partial charge in [0.1, 0.15) is 0 Å². The lowest BCUT2D eigenvalue weighted by Crippen LogP contribution is -1.94. The summed E-state index contributed by atoms with van der Waals surface area (Å²) in [7, 11) is 1.86. The molecule has 17 heavy (non-hydrogen) atoms. The SMILES string of the molecule is [C-]#[N+]/C(=C\c1cc2sc(NC)cc2s1)C(=O)O. The van der Waals surface area contributed by atoms with Gasteiger partial charge < -0.3 is 10.4 Å². The molecular weight excluding hydrogens is 256 g/mol. The number of thiophene rings is 2. The van der Waals surface area contributed by atoms with Gasteiger partial charge in [0.2, 0.25) is 0 Å². The van der Waals surface area contributed by atoms with E-state index < -0.39 is 5.97 Å². The van der Waals surface area contributed by atoms with Crippen LogP contribution in [0.4, 0.5) is 5.00 Å². The van der Waals surface area contributed by atoms with E-state index in [9.17, 15) is 4.79 Å². The lowest BCUT2D eigenvalue weighted by atomic mass is 10.3. The van der Waals surface area contributed by atoms with E-state index >= 15 is 0 Å². The molecule has 0 radical (unpaired) electrons. The molecule has 2 heterocycles. The van der Waals surface area contributed by atoms with E-state index in [-0.39, 0.29) is 5.70 Å². The minimum Gasteiger partial charge on any atom is -0.486 e. The molecule has 0 fully saturated rings. The molecule has 0 spiro atoms. The van der Waals surface area contributed by atoms with Crippen molar-refractivity contribution < 1.29 is 9.90 Å². The Kier molecular flexibility index (Phi) is 3.13. The number of hydrogen-bond donors (Lipinski definition) is 2. The number of carboxylic acid groups (broad SMARTS) is 1. The summed E-state index contributed by atoms with van der Waals surface area (Å²) in [6.07, 6.45) is 1.41. The standard InChI is InChI=1S/C11H8N2O2S2/c1-12-7(11(14)15)3-6-4-8-9(16-6)5-10(13-2)17-8/h3-5,13H,2H3,(H,14,15)/b7-3-. The molecule has 6 heteroatoms. The van der Waals surface area contributed by atoms with Gasteiger partial charge in [-0.1, -0.05) is 0 Å². The van der Waals surface area contributed by atoms with Crippen molar-refractivity contribution in [1.29, 1.82) is 0 Å². The molecule has 0 unspecified atom stereocenters. The molecule has 0 amide bonds. The zero-order valence-electron chi connectivity index (χ0n) is 8.85. The number of nitrogens with one attached hydrogen (secondary N) is 1. The summed E-state index contributed by atoms with van der Waals surface area (Å²) in [5.41, 5.74) is -0.257. The zero-order chi connectivity index (χ0) is 12.4. The fourth-order valence-electron chi connectivity index (χ4n) is 1.33. The van der Waals surface area contributed by atoms with Crippen molar-refractivity contribution in [3.63, 3.8) is 0 Å². The lowest BCUT2D eigenvalue weighted by Gasteiger charge is -1.89. The summed E-state index contributed by atoms with van der Waals surface area (Å²) >= 11 is 3.09. The quantitative estimate of drug-likeness (QED) is 0.660. The molecule has 0 saturated heterocycles. The normalized spacial score (nSPS) is 11.4. The first kappa shape index (κ1) is 11.6. The number of nitrogens with zero attached hydrogens (tertiary/aromatic N) is 1. The van der Waals surface area contributed by atoms with E-state index in [1.807, 2.05) is 19.2 Å². The molecule has 4 nitrogen and oxygen atoms in total. The fourth-order valence-corrected chi connectivity index (χ4v) is 3.52. The third kappa shape index (κ3) is 2.30. The van der Waals surface area contributed by atoms with Crippen LogP contribution in [0.15, 0.2) is 17.8 Å². The number of aliphatic carboxylic acids is 1. The van der Waals surface area contributed by atoms with Gasteiger partial charge in [0.05, 0.1) is 11.6 Å². The third-order valence-corrected chi connectivity index (χ3v) is 4.35. The average Bonchev–Trinajstić information content (AvgIpc) is 2.82. The van der Waals surface area contributed by atoms with Crippen molar-refractivity contribution in [2.24, 2.45) is 0 Å². The highest BCUT2D eigenvalue weighted by Crippen LogP contribution is 2.36. The summed E-state index contributed by atoms with van der Waals surface area (Å²) in [6, 6.07) is 3.92. The zero-order valence-corrected chi connectivity index (χ0v) is 10.5. The number of anilines is 1. The van der Waals surface area contributed by atoms with E-state index in [0.717, 1.165) is 19.3 Å². The second-order valence-electron chi connectivity index (χ2n) is 3.18. The van der Waals surface area contributed by atoms with Crippen LogP contribution in [0, 0.1) is 6.57 Å². The van der Waals surface area contributed by atoms with Crippen molar-refractivity contribution in [2.75, 3.05) is 12.4 Å². The summed E-state index contributed by atoms with van der Waals surface area (Å²) in [4.78, 5) is 14.5. The highest BCUT2D eigenvalue weighted by molar-refractivity contribution is 7.30. The van der Waals surface area contributed by atoms with Crippen LogP contribution in [0.5, 0.6) is 0 Å². The maximum atomic E-state index is 10.7. The van der Waals surface area contributed by atoms with Gasteiger partial charge >= 0.3 is 5.97 Å². The Bertz CT molecular complexity index is 615. The Hall–Kier alpha value is -1.84. The van der Waals surface area contributed by atoms with Crippen molar-refractivity contribution in [2.45, 2.75) is 0 Å². The van der Waals surface area contributed by atoms with Crippen molar-refractivity contribution in [3.8, 4) is 0 Å². The average molecular weight is 264 g/mol. The van der Waals surface area contributed by atoms with Gasteiger partial charge in [0.25, 0.3) is 5.70 Å². The maximum absolute atomic E-state index is 10.7. The first-order chi connectivity index (χ1) is 8.13. The molecule has 2 rings (SSSR count). The van der Waals surface area contributed by atoms with Crippen molar-refractivity contribution >= 4 is 49.1 Å². The minimum atomic E-state index is -1.19. The highest BCUT2D eigenvalue weighted by Gasteiger charge is 2.09. The van der Waals surface area contributed by atoms with Gasteiger partial charge in [-0.2, -0.15) is 0 Å². The number of hydrogen-bond acceptors (Lipinski definition) is 4. The molecular formula is C11H8N2O2S2. The summed E-state index contributed by atoms with van der Waals surface area (Å²) in [5, 5.41) is 12.9. The van der Waals surface area contributed by atoms with Gasteiger partial charge in [0, 0.05) is 21.3 Å². The second-order valence-corrected chi connectivity index (χ2v) is 5.38. The highest BCUT2D eigenvalue weighted by atomic mass is 32.1. The predicted molar refractivity (Wildman–Crippen MR) is 71.5 cm³/mol. The van der Waals surface area contributed by atoms with E-state index in [2.05, 4.69) is 10.2 Å². The molecule has 0 saturated carbocycles. The number of fused-ring (bicyclic) bond motifs is 1. The number of carboxylic acids is 1. The molecule has 0 aromatic carbocycles. The second kappa shape index (κ2) is 4.57. The summed E-state index contributed by atoms with van der Waals surface area (Å²) in [6.45, 7) is 6.77. The Balaban J connectivity index is 2.41. The Morgan fingerprint density at radius 2 is 2.18 bits per heavy atom. The maximum Gasteiger partial charge on any atom is 0.333 e. The minimum absolute atomic E-state index is 0.257. The molecule has 0 aliphatic rings. The lowest BCUT2D eigenvalue weighted by molar-refractivity contribution is -0.132. The Morgan fingerprint density at radius 3 is 2.71 bits per heavy atom. The topological polar surface area (TPSA) is 53.7 Å². The van der Waals surface area contributed by atoms with Crippen LogP contribution in [0.3, 0.4) is 0 Å². The van der Waals surface area contributed by atoms with Crippen molar-refractivity contribution in [1.82, 2.24) is 0 Å². The van der Waals surface area contributed by atoms with Gasteiger partial charge in [-0.15, -0.1) is 22.7 Å². The number of carbonyl (C=O) groups is 1. The first-order valence-corrected chi connectivity index (χ1v) is 6.31. The van der Waals surface area contributed by atoms with Gasteiger partial charge in [-0.3, -0.25) is 4.79 Å². The smallest absolute Gasteiger partial charge is 0.333 e. The van der Waals surface area contributed by atoms with E-state index in [1.165, 1.54) is 17.4 Å². The van der Waals surface area contributed by atoms with E-state index in [4.69, 9.17) is 11.7 Å². The van der Waals surface area contributed by atoms with E-state index in [0.29, 0.717) is 0 Å². The van der Waals surface area contributed by atoms with Crippen molar-refractivity contribution in [3.05, 3.63) is 34.1 Å². The van der Waals surface area contributed by atoms with Gasteiger partial charge in [-0.05, 0) is 18.2 Å². The molecule has 86 valence electrons. The molecule has 0 bridgehead atoms. The molecule has 2 aromatic heterocycles. The van der Waals surface area contributed by atoms with Crippen LogP contribution in [0.25, 0.3) is 20.3 Å². The van der Waals surface area contributed by atoms with E-state index in [1.54, 1.807) is 11.3 Å². The molecule has 0 atom stereocenters. The first-order valence-electron chi connectivity index (χ1n) is 4.67. The summed E-state index contributed by atoms with van der Waals surface area (Å²) < 4.78 is 2.20. The molecule has 0 aliphatic heterocycles. The van der Waals surface area contributed by atoms with Crippen LogP contribution in [-0.4, -0.2) is 18.1 Å². The van der Waals surface area contributed by atoms with Gasteiger partial charge in [0.15, 0.2) is 0 Å². The van der Waals surface area contributed by atoms with Crippen LogP contribution in [-0.2, 0) is 4.79 Å². The van der Waals surface area contributed by atoms with Crippen LogP contribution >= 0.6 is 22.7 Å². The fraction of sp³-hybridized carbons (Fsp3) is 0.0909. The van der Waals surface area contributed by atoms with Crippen LogP contribution in [0.2, 0.25) is 0 Å². The molecule has 0 aliphatic carbocycles. The van der Waals surface area contributed by atoms with Crippen LogP contribution < -0.4 is 5.32 Å². The van der Waals surface area contributed by atoms with Crippen LogP contribution in [0.1, 0.15) is 4.88 Å². The summed E-state index contributed by atoms with van der Waals surface area (Å²) in [5.74, 6) is -1.19. The Labute approximate surface area is 106 Å².